The zero-order valence-corrected chi connectivity index (χ0v) is 19.1. The van der Waals surface area contributed by atoms with Gasteiger partial charge in [0.1, 0.15) is 5.82 Å². The molecule has 6 rings (SSSR count). The number of rotatable bonds is 5. The molecule has 0 aliphatic carbocycles. The molecular weight excluding hydrogens is 419 g/mol. The highest BCUT2D eigenvalue weighted by atomic mass is 19.1. The second kappa shape index (κ2) is 9.00. The Bertz CT molecular complexity index is 1310. The molecular formula is C31H27FN2. The summed E-state index contributed by atoms with van der Waals surface area (Å²) in [7, 11) is 0. The average Bonchev–Trinajstić information content (AvgIpc) is 3.11. The third-order valence-electron chi connectivity index (χ3n) is 7.30. The second-order valence-electron chi connectivity index (χ2n) is 9.36. The fourth-order valence-electron chi connectivity index (χ4n) is 5.50. The molecule has 3 heterocycles. The molecule has 3 aromatic carbocycles. The van der Waals surface area contributed by atoms with Crippen molar-refractivity contribution in [1.29, 1.82) is 0 Å². The molecule has 0 saturated carbocycles. The maximum atomic E-state index is 15.0. The third kappa shape index (κ3) is 4.08. The standard InChI is InChI=1S/C31H27FN2/c32-31-20-26(10-13-30(31)25-4-2-1-3-5-25)27-18-28-11-12-29(19-27)34(28)21-22-6-8-23(9-7-22)24-14-16-33-17-15-24/h1-10,13-18,20,28-29H,11-12,19,21H2. The minimum absolute atomic E-state index is 0.145. The van der Waals surface area contributed by atoms with E-state index in [-0.39, 0.29) is 5.82 Å². The summed E-state index contributed by atoms with van der Waals surface area (Å²) in [5.74, 6) is -0.145. The van der Waals surface area contributed by atoms with Crippen LogP contribution in [0.25, 0.3) is 27.8 Å². The molecule has 2 aliphatic heterocycles. The van der Waals surface area contributed by atoms with E-state index in [1.807, 2.05) is 60.9 Å². The molecule has 2 nitrogen and oxygen atoms in total. The number of benzene rings is 3. The third-order valence-corrected chi connectivity index (χ3v) is 7.30. The lowest BCUT2D eigenvalue weighted by atomic mass is 9.92. The van der Waals surface area contributed by atoms with Crippen molar-refractivity contribution in [2.24, 2.45) is 0 Å². The quantitative estimate of drug-likeness (QED) is 0.318. The topological polar surface area (TPSA) is 16.1 Å². The summed E-state index contributed by atoms with van der Waals surface area (Å²) in [6.07, 6.45) is 9.40. The fourth-order valence-corrected chi connectivity index (χ4v) is 5.50. The first-order valence-corrected chi connectivity index (χ1v) is 12.1. The fraction of sp³-hybridized carbons (Fsp3) is 0.194. The summed E-state index contributed by atoms with van der Waals surface area (Å²) >= 11 is 0. The van der Waals surface area contributed by atoms with E-state index >= 15 is 0 Å². The van der Waals surface area contributed by atoms with Crippen LogP contribution in [0.4, 0.5) is 4.39 Å². The van der Waals surface area contributed by atoms with E-state index in [0.29, 0.717) is 17.6 Å². The van der Waals surface area contributed by atoms with Crippen LogP contribution in [0.3, 0.4) is 0 Å². The van der Waals surface area contributed by atoms with E-state index in [4.69, 9.17) is 0 Å². The predicted molar refractivity (Wildman–Crippen MR) is 136 cm³/mol. The molecule has 1 aromatic heterocycles. The summed E-state index contributed by atoms with van der Waals surface area (Å²) in [5.41, 5.74) is 7.65. The molecule has 168 valence electrons. The zero-order chi connectivity index (χ0) is 22.9. The first-order valence-electron chi connectivity index (χ1n) is 12.1. The van der Waals surface area contributed by atoms with Crippen molar-refractivity contribution in [3.8, 4) is 22.3 Å². The van der Waals surface area contributed by atoms with Gasteiger partial charge in [-0.3, -0.25) is 9.88 Å². The predicted octanol–water partition coefficient (Wildman–Crippen LogP) is 7.38. The molecule has 1 fully saturated rings. The molecule has 0 radical (unpaired) electrons. The number of nitrogens with zero attached hydrogens (tertiary/aromatic N) is 2. The van der Waals surface area contributed by atoms with Gasteiger partial charge in [-0.2, -0.15) is 0 Å². The molecule has 2 bridgehead atoms. The zero-order valence-electron chi connectivity index (χ0n) is 19.1. The van der Waals surface area contributed by atoms with Crippen LogP contribution >= 0.6 is 0 Å². The Labute approximate surface area is 200 Å². The Morgan fingerprint density at radius 3 is 2.24 bits per heavy atom. The lowest BCUT2D eigenvalue weighted by Crippen LogP contribution is -2.37. The lowest BCUT2D eigenvalue weighted by Gasteiger charge is -2.34. The van der Waals surface area contributed by atoms with Gasteiger partial charge in [0, 0.05) is 36.6 Å². The van der Waals surface area contributed by atoms with E-state index in [0.717, 1.165) is 24.1 Å². The Balaban J connectivity index is 1.19. The molecule has 2 aliphatic rings. The minimum atomic E-state index is -0.145. The van der Waals surface area contributed by atoms with E-state index < -0.39 is 0 Å². The Kier molecular flexibility index (Phi) is 5.56. The summed E-state index contributed by atoms with van der Waals surface area (Å²) in [6, 6.07) is 29.4. The van der Waals surface area contributed by atoms with Crippen molar-refractivity contribution in [2.45, 2.75) is 37.9 Å². The van der Waals surface area contributed by atoms with Crippen molar-refractivity contribution in [3.63, 3.8) is 0 Å². The minimum Gasteiger partial charge on any atom is -0.289 e. The van der Waals surface area contributed by atoms with E-state index in [1.165, 1.54) is 35.1 Å². The van der Waals surface area contributed by atoms with Crippen molar-refractivity contribution >= 4 is 5.57 Å². The van der Waals surface area contributed by atoms with Gasteiger partial charge in [0.05, 0.1) is 0 Å². The van der Waals surface area contributed by atoms with Crippen LogP contribution in [0.5, 0.6) is 0 Å². The van der Waals surface area contributed by atoms with Crippen LogP contribution in [0.15, 0.2) is 103 Å². The smallest absolute Gasteiger partial charge is 0.131 e. The van der Waals surface area contributed by atoms with Crippen molar-refractivity contribution < 1.29 is 4.39 Å². The first-order chi connectivity index (χ1) is 16.7. The molecule has 0 amide bonds. The van der Waals surface area contributed by atoms with Crippen molar-refractivity contribution in [2.75, 3.05) is 0 Å². The van der Waals surface area contributed by atoms with Crippen LogP contribution in [0.2, 0.25) is 0 Å². The summed E-state index contributed by atoms with van der Waals surface area (Å²) in [4.78, 5) is 6.73. The number of pyridine rings is 1. The maximum Gasteiger partial charge on any atom is 0.131 e. The number of hydrogen-bond donors (Lipinski definition) is 0. The number of hydrogen-bond acceptors (Lipinski definition) is 2. The molecule has 4 aromatic rings. The normalized spacial score (nSPS) is 19.7. The van der Waals surface area contributed by atoms with Crippen molar-refractivity contribution in [3.05, 3.63) is 120 Å². The monoisotopic (exact) mass is 446 g/mol. The van der Waals surface area contributed by atoms with Gasteiger partial charge in [-0.25, -0.2) is 4.39 Å². The van der Waals surface area contributed by atoms with E-state index in [1.54, 1.807) is 6.07 Å². The van der Waals surface area contributed by atoms with Gasteiger partial charge in [0.2, 0.25) is 0 Å². The Morgan fingerprint density at radius 1 is 0.765 bits per heavy atom. The van der Waals surface area contributed by atoms with Crippen LogP contribution in [0, 0.1) is 5.82 Å². The van der Waals surface area contributed by atoms with Crippen molar-refractivity contribution in [1.82, 2.24) is 9.88 Å². The average molecular weight is 447 g/mol. The SMILES string of the molecule is Fc1cc(C2=CC3CCC(C2)N3Cc2ccc(-c3ccncc3)cc2)ccc1-c1ccccc1. The maximum absolute atomic E-state index is 15.0. The number of aromatic nitrogens is 1. The Hall–Kier alpha value is -3.56. The van der Waals surface area contributed by atoms with E-state index in [2.05, 4.69) is 46.3 Å². The highest BCUT2D eigenvalue weighted by molar-refractivity contribution is 5.72. The molecule has 2 atom stereocenters. The van der Waals surface area contributed by atoms with Gasteiger partial charge in [0.25, 0.3) is 0 Å². The summed E-state index contributed by atoms with van der Waals surface area (Å²) in [5, 5.41) is 0. The summed E-state index contributed by atoms with van der Waals surface area (Å²) in [6.45, 7) is 0.955. The molecule has 1 saturated heterocycles. The van der Waals surface area contributed by atoms with Gasteiger partial charge in [-0.1, -0.05) is 72.8 Å². The molecule has 3 heteroatoms. The van der Waals surface area contributed by atoms with Gasteiger partial charge >= 0.3 is 0 Å². The lowest BCUT2D eigenvalue weighted by molar-refractivity contribution is 0.203. The molecule has 0 N–H and O–H groups in total. The molecule has 34 heavy (non-hydrogen) atoms. The number of fused-ring (bicyclic) bond motifs is 2. The van der Waals surface area contributed by atoms with Crippen LogP contribution < -0.4 is 0 Å². The van der Waals surface area contributed by atoms with Crippen LogP contribution in [0.1, 0.15) is 30.4 Å². The molecule has 0 spiro atoms. The molecule has 2 unspecified atom stereocenters. The van der Waals surface area contributed by atoms with Gasteiger partial charge in [-0.15, -0.1) is 0 Å². The number of halogens is 1. The van der Waals surface area contributed by atoms with E-state index in [9.17, 15) is 4.39 Å². The van der Waals surface area contributed by atoms with Crippen LogP contribution in [-0.2, 0) is 6.54 Å². The highest BCUT2D eigenvalue weighted by Crippen LogP contribution is 2.40. The summed E-state index contributed by atoms with van der Waals surface area (Å²) < 4.78 is 15.0. The second-order valence-corrected chi connectivity index (χ2v) is 9.36. The largest absolute Gasteiger partial charge is 0.289 e. The Morgan fingerprint density at radius 2 is 1.50 bits per heavy atom. The van der Waals surface area contributed by atoms with Crippen LogP contribution in [-0.4, -0.2) is 22.0 Å². The van der Waals surface area contributed by atoms with Gasteiger partial charge in [0.15, 0.2) is 0 Å². The first kappa shape index (κ1) is 21.0. The van der Waals surface area contributed by atoms with Gasteiger partial charge in [-0.05, 0) is 70.9 Å². The highest BCUT2D eigenvalue weighted by Gasteiger charge is 2.36. The van der Waals surface area contributed by atoms with Gasteiger partial charge < -0.3 is 0 Å².